The third-order valence-electron chi connectivity index (χ3n) is 10.3. The number of rotatable bonds is 34. The Morgan fingerprint density at radius 1 is 0.949 bits per heavy atom. The Labute approximate surface area is 349 Å². The highest BCUT2D eigenvalue weighted by Crippen LogP contribution is 2.44. The molecule has 15 nitrogen and oxygen atoms in total. The zero-order valence-corrected chi connectivity index (χ0v) is 35.9. The van der Waals surface area contributed by atoms with Crippen molar-refractivity contribution in [1.82, 2.24) is 19.5 Å². The second-order valence-electron chi connectivity index (χ2n) is 15.2. The number of phosphoric ester groups is 1. The predicted octanol–water partition coefficient (Wildman–Crippen LogP) is 7.67. The van der Waals surface area contributed by atoms with Crippen molar-refractivity contribution in [3.63, 3.8) is 0 Å². The van der Waals surface area contributed by atoms with Crippen molar-refractivity contribution >= 4 is 25.9 Å². The number of unbranched alkanes of at least 4 members (excludes halogenated alkanes) is 15. The summed E-state index contributed by atoms with van der Waals surface area (Å²) in [4.78, 5) is 20.0. The van der Waals surface area contributed by atoms with E-state index in [1.807, 2.05) is 6.07 Å². The van der Waals surface area contributed by atoms with Gasteiger partial charge in [-0.2, -0.15) is 10.4 Å². The molecule has 0 aliphatic rings. The van der Waals surface area contributed by atoms with Crippen LogP contribution < -0.4 is 5.73 Å². The third-order valence-corrected chi connectivity index (χ3v) is 11.3. The number of hydrogen-bond acceptors (Lipinski definition) is 13. The van der Waals surface area contributed by atoms with E-state index in [1.54, 1.807) is 24.1 Å². The van der Waals surface area contributed by atoms with Crippen LogP contribution in [0.4, 0.5) is 10.2 Å². The van der Waals surface area contributed by atoms with Crippen molar-refractivity contribution in [1.29, 1.82) is 5.26 Å². The lowest BCUT2D eigenvalue weighted by molar-refractivity contribution is -0.107. The summed E-state index contributed by atoms with van der Waals surface area (Å²) in [5.74, 6) is -0.387. The van der Waals surface area contributed by atoms with Crippen LogP contribution in [0.2, 0.25) is 0 Å². The first-order valence-electron chi connectivity index (χ1n) is 21.1. The molecule has 0 amide bonds. The van der Waals surface area contributed by atoms with E-state index in [4.69, 9.17) is 24.3 Å². The van der Waals surface area contributed by atoms with Gasteiger partial charge in [0.25, 0.3) is 0 Å². The van der Waals surface area contributed by atoms with E-state index < -0.39 is 44.6 Å². The number of halogens is 1. The van der Waals surface area contributed by atoms with E-state index in [2.05, 4.69) is 28.7 Å². The lowest BCUT2D eigenvalue weighted by Gasteiger charge is -2.29. The number of nitrogens with zero attached hydrogens (tertiary/aromatic N) is 6. The molecule has 0 radical (unpaired) electrons. The molecule has 3 aromatic rings. The van der Waals surface area contributed by atoms with Crippen LogP contribution in [-0.2, 0) is 29.6 Å². The summed E-state index contributed by atoms with van der Waals surface area (Å²) in [5.41, 5.74) is 7.16. The molecule has 0 spiro atoms. The van der Waals surface area contributed by atoms with Crippen LogP contribution in [0, 0.1) is 17.1 Å². The van der Waals surface area contributed by atoms with Gasteiger partial charge in [0, 0.05) is 13.2 Å². The first-order chi connectivity index (χ1) is 28.5. The van der Waals surface area contributed by atoms with Crippen molar-refractivity contribution in [3.8, 4) is 6.07 Å². The molecule has 2 aromatic heterocycles. The number of aliphatic hydroxyl groups is 2. The predicted molar refractivity (Wildman–Crippen MR) is 226 cm³/mol. The highest BCUT2D eigenvalue weighted by Gasteiger charge is 2.34. The first-order valence-corrected chi connectivity index (χ1v) is 22.6. The second kappa shape index (κ2) is 28.2. The van der Waals surface area contributed by atoms with E-state index in [0.717, 1.165) is 25.3 Å². The highest BCUT2D eigenvalue weighted by atomic mass is 31.2. The molecule has 3 rings (SSSR count). The van der Waals surface area contributed by atoms with Crippen molar-refractivity contribution < 1.29 is 42.6 Å². The lowest BCUT2D eigenvalue weighted by Crippen LogP contribution is -2.39. The molecule has 2 unspecified atom stereocenters. The molecule has 0 saturated carbocycles. The van der Waals surface area contributed by atoms with Crippen LogP contribution in [-0.4, -0.2) is 99.8 Å². The minimum absolute atomic E-state index is 0.136. The van der Waals surface area contributed by atoms with Crippen molar-refractivity contribution in [2.45, 2.75) is 141 Å². The number of nitriles is 1. The van der Waals surface area contributed by atoms with Crippen molar-refractivity contribution in [2.24, 2.45) is 4.99 Å². The normalized spacial score (nSPS) is 14.9. The number of anilines is 1. The number of nitrogens with two attached hydrogens (primary N) is 1. The molecule has 0 saturated heterocycles. The fourth-order valence-electron chi connectivity index (χ4n) is 6.85. The van der Waals surface area contributed by atoms with Gasteiger partial charge in [-0.25, -0.2) is 18.5 Å². The van der Waals surface area contributed by atoms with Gasteiger partial charge in [0.2, 0.25) is 0 Å². The van der Waals surface area contributed by atoms with Gasteiger partial charge in [0.15, 0.2) is 5.82 Å². The summed E-state index contributed by atoms with van der Waals surface area (Å²) in [6, 6.07) is 8.50. The number of aromatic nitrogens is 3. The number of aliphatic hydroxyl groups excluding tert-OH is 2. The third kappa shape index (κ3) is 18.8. The maximum Gasteiger partial charge on any atom is 0.472 e. The standard InChI is InChI=1S/C42H67FN7O8P/c1-4-5-6-7-8-9-10-11-12-13-14-15-16-17-18-19-22-55-28-36(49(3)27-34-23-33(26-44)24-35(43)25-34)29-57-59(53,54)58-30-39(56-32-46-2)41(52)40(51)37-20-21-38-42(45)47-31-48-50(37)38/h20-21,23-25,31,36,39-41,51-52H,2,4-19,22,27-30,32H2,1,3H3,(H,53,54)(H2,45,47,48)/t36-,39-,40?,41-/m1/s1. The molecule has 0 fully saturated rings. The number of likely N-dealkylation sites (N-methyl/N-ethyl adjacent to an activating group) is 1. The van der Waals surface area contributed by atoms with Crippen LogP contribution in [0.15, 0.2) is 41.7 Å². The van der Waals surface area contributed by atoms with Crippen LogP contribution in [0.25, 0.3) is 5.52 Å². The smallest absolute Gasteiger partial charge is 0.387 e. The number of phosphoric acid groups is 1. The van der Waals surface area contributed by atoms with Gasteiger partial charge in [-0.05, 0) is 56.1 Å². The largest absolute Gasteiger partial charge is 0.472 e. The van der Waals surface area contributed by atoms with Crippen LogP contribution >= 0.6 is 7.82 Å². The first kappa shape index (κ1) is 50.0. The number of benzene rings is 1. The Kier molecular flexibility index (Phi) is 23.9. The zero-order chi connectivity index (χ0) is 42.9. The SMILES string of the molecule is C=NCO[C@H](COP(=O)(O)OC[C@@H](COCCCCCCCCCCCCCCCCCC)N(C)Cc1cc(F)cc(C#N)c1)[C@@H](O)C(O)c1ccc2c(N)ncnn12. The topological polar surface area (TPSA) is 210 Å². The average Bonchev–Trinajstić information content (AvgIpc) is 3.66. The monoisotopic (exact) mass is 847 g/mol. The molecule has 5 N–H and O–H groups in total. The molecule has 0 aliphatic carbocycles. The van der Waals surface area contributed by atoms with Crippen LogP contribution in [0.5, 0.6) is 0 Å². The summed E-state index contributed by atoms with van der Waals surface area (Å²) >= 11 is 0. The second-order valence-corrected chi connectivity index (χ2v) is 16.6. The number of ether oxygens (including phenoxy) is 2. The van der Waals surface area contributed by atoms with Gasteiger partial charge in [0.1, 0.15) is 42.7 Å². The van der Waals surface area contributed by atoms with E-state index in [9.17, 15) is 29.3 Å². The summed E-state index contributed by atoms with van der Waals surface area (Å²) in [5, 5.41) is 35.5. The minimum atomic E-state index is -4.78. The van der Waals surface area contributed by atoms with E-state index in [1.165, 1.54) is 106 Å². The van der Waals surface area contributed by atoms with Gasteiger partial charge >= 0.3 is 7.82 Å². The number of nitrogen functional groups attached to an aromatic ring is 1. The Balaban J connectivity index is 1.48. The molecule has 59 heavy (non-hydrogen) atoms. The molecule has 5 atom stereocenters. The minimum Gasteiger partial charge on any atom is -0.387 e. The van der Waals surface area contributed by atoms with Crippen molar-refractivity contribution in [3.05, 3.63) is 59.3 Å². The quantitative estimate of drug-likeness (QED) is 0.0259. The molecular weight excluding hydrogens is 780 g/mol. The number of fused-ring (bicyclic) bond motifs is 1. The fraction of sp³-hybridized carbons (Fsp3) is 0.667. The zero-order valence-electron chi connectivity index (χ0n) is 35.0. The molecule has 17 heteroatoms. The van der Waals surface area contributed by atoms with E-state index in [-0.39, 0.29) is 43.6 Å². The molecule has 2 heterocycles. The Bertz CT molecular complexity index is 1730. The van der Waals surface area contributed by atoms with Crippen LogP contribution in [0.1, 0.15) is 133 Å². The lowest BCUT2D eigenvalue weighted by atomic mass is 10.0. The van der Waals surface area contributed by atoms with Gasteiger partial charge in [-0.3, -0.25) is 18.9 Å². The fourth-order valence-corrected chi connectivity index (χ4v) is 7.62. The molecule has 0 bridgehead atoms. The van der Waals surface area contributed by atoms with Gasteiger partial charge in [-0.1, -0.05) is 103 Å². The van der Waals surface area contributed by atoms with Crippen molar-refractivity contribution in [2.75, 3.05) is 45.9 Å². The number of hydrogen-bond donors (Lipinski definition) is 4. The molecular formula is C42H67FN7O8P. The molecule has 1 aromatic carbocycles. The van der Waals surface area contributed by atoms with Gasteiger partial charge in [-0.15, -0.1) is 0 Å². The summed E-state index contributed by atoms with van der Waals surface area (Å²) in [6.45, 7) is 5.13. The average molecular weight is 848 g/mol. The Hall–Kier alpha value is -3.36. The highest BCUT2D eigenvalue weighted by molar-refractivity contribution is 7.47. The molecule has 0 aliphatic heterocycles. The number of aliphatic imine (C=N–C) groups is 1. The maximum absolute atomic E-state index is 14.2. The molecule has 330 valence electrons. The Morgan fingerprint density at radius 3 is 2.17 bits per heavy atom. The van der Waals surface area contributed by atoms with Gasteiger partial charge < -0.3 is 30.3 Å². The summed E-state index contributed by atoms with van der Waals surface area (Å²) in [7, 11) is -3.04. The maximum atomic E-state index is 14.2. The van der Waals surface area contributed by atoms with Crippen LogP contribution in [0.3, 0.4) is 0 Å². The summed E-state index contributed by atoms with van der Waals surface area (Å²) in [6.07, 6.45) is 16.8. The van der Waals surface area contributed by atoms with Gasteiger partial charge in [0.05, 0.1) is 43.2 Å². The summed E-state index contributed by atoms with van der Waals surface area (Å²) < 4.78 is 50.9. The van der Waals surface area contributed by atoms with E-state index >= 15 is 0 Å². The van der Waals surface area contributed by atoms with E-state index in [0.29, 0.717) is 17.7 Å². The Morgan fingerprint density at radius 2 is 1.56 bits per heavy atom.